The van der Waals surface area contributed by atoms with Crippen LogP contribution in [0.4, 0.5) is 0 Å². The average Bonchev–Trinajstić information content (AvgIpc) is 2.23. The minimum atomic E-state index is -0.375. The Morgan fingerprint density at radius 3 is 2.24 bits per heavy atom. The Kier molecular flexibility index (Phi) is 5.86. The number of likely N-dealkylation sites (N-methyl/N-ethyl adjacent to an activating group) is 1. The van der Waals surface area contributed by atoms with E-state index in [-0.39, 0.29) is 12.2 Å². The fraction of sp³-hybridized carbons (Fsp3) is 1.00. The van der Waals surface area contributed by atoms with Gasteiger partial charge in [0.15, 0.2) is 0 Å². The maximum atomic E-state index is 9.91. The van der Waals surface area contributed by atoms with Crippen LogP contribution in [0.1, 0.15) is 27.7 Å². The van der Waals surface area contributed by atoms with Crippen molar-refractivity contribution in [1.29, 1.82) is 0 Å². The first-order valence-electron chi connectivity index (χ1n) is 6.64. The SMILES string of the molecule is CC(C)OCC(O)CN1CC(C)N(C)C(C)C1. The maximum Gasteiger partial charge on any atom is 0.0900 e. The van der Waals surface area contributed by atoms with Crippen LogP contribution in [0.5, 0.6) is 0 Å². The van der Waals surface area contributed by atoms with Crippen LogP contribution in [-0.4, -0.2) is 72.5 Å². The largest absolute Gasteiger partial charge is 0.389 e. The van der Waals surface area contributed by atoms with E-state index in [2.05, 4.69) is 30.7 Å². The van der Waals surface area contributed by atoms with Crippen LogP contribution in [-0.2, 0) is 4.74 Å². The third kappa shape index (κ3) is 4.92. The van der Waals surface area contributed by atoms with E-state index in [4.69, 9.17) is 4.74 Å². The minimum absolute atomic E-state index is 0.190. The molecule has 1 aliphatic rings. The summed E-state index contributed by atoms with van der Waals surface area (Å²) in [6.07, 6.45) is -0.185. The van der Waals surface area contributed by atoms with E-state index in [1.165, 1.54) is 0 Å². The summed E-state index contributed by atoms with van der Waals surface area (Å²) in [4.78, 5) is 4.73. The van der Waals surface area contributed by atoms with Crippen LogP contribution in [0.2, 0.25) is 0 Å². The average molecular weight is 244 g/mol. The van der Waals surface area contributed by atoms with Gasteiger partial charge in [-0.15, -0.1) is 0 Å². The maximum absolute atomic E-state index is 9.91. The second-order valence-corrected chi connectivity index (χ2v) is 5.62. The van der Waals surface area contributed by atoms with E-state index in [0.717, 1.165) is 19.6 Å². The molecule has 17 heavy (non-hydrogen) atoms. The van der Waals surface area contributed by atoms with Gasteiger partial charge in [-0.25, -0.2) is 0 Å². The van der Waals surface area contributed by atoms with Gasteiger partial charge in [-0.05, 0) is 34.7 Å². The normalized spacial score (nSPS) is 29.8. The molecule has 1 heterocycles. The molecule has 0 aliphatic carbocycles. The van der Waals surface area contributed by atoms with E-state index < -0.39 is 0 Å². The highest BCUT2D eigenvalue weighted by atomic mass is 16.5. The van der Waals surface area contributed by atoms with Crippen LogP contribution in [0.15, 0.2) is 0 Å². The van der Waals surface area contributed by atoms with Gasteiger partial charge >= 0.3 is 0 Å². The summed E-state index contributed by atoms with van der Waals surface area (Å²) in [5, 5.41) is 9.91. The molecule has 3 atom stereocenters. The number of β-amino-alcohol motifs (C(OH)–C–C–N with tert-alkyl or cyclic N) is 1. The van der Waals surface area contributed by atoms with Gasteiger partial charge < -0.3 is 9.84 Å². The summed E-state index contributed by atoms with van der Waals surface area (Å²) in [5.41, 5.74) is 0. The van der Waals surface area contributed by atoms with Crippen LogP contribution in [0.3, 0.4) is 0 Å². The van der Waals surface area contributed by atoms with Gasteiger partial charge in [-0.1, -0.05) is 0 Å². The highest BCUT2D eigenvalue weighted by Crippen LogP contribution is 2.13. The van der Waals surface area contributed by atoms with Crippen molar-refractivity contribution in [3.05, 3.63) is 0 Å². The Balaban J connectivity index is 2.31. The predicted octanol–water partition coefficient (Wildman–Crippen LogP) is 0.797. The van der Waals surface area contributed by atoms with E-state index in [1.807, 2.05) is 13.8 Å². The highest BCUT2D eigenvalue weighted by Gasteiger charge is 2.27. The van der Waals surface area contributed by atoms with Crippen molar-refractivity contribution in [2.45, 2.75) is 52.0 Å². The van der Waals surface area contributed by atoms with Gasteiger partial charge in [-0.3, -0.25) is 9.80 Å². The number of rotatable bonds is 5. The van der Waals surface area contributed by atoms with Crippen molar-refractivity contribution in [2.75, 3.05) is 33.3 Å². The molecule has 4 heteroatoms. The zero-order valence-corrected chi connectivity index (χ0v) is 11.9. The van der Waals surface area contributed by atoms with E-state index in [0.29, 0.717) is 18.7 Å². The standard InChI is InChI=1S/C13H28N2O2/c1-10(2)17-9-13(16)8-15-6-11(3)14(5)12(4)7-15/h10-13,16H,6-9H2,1-5H3. The lowest BCUT2D eigenvalue weighted by atomic mass is 10.1. The van der Waals surface area contributed by atoms with Crippen LogP contribution in [0, 0.1) is 0 Å². The van der Waals surface area contributed by atoms with Crippen molar-refractivity contribution in [3.63, 3.8) is 0 Å². The molecule has 1 fully saturated rings. The molecular formula is C13H28N2O2. The first-order valence-corrected chi connectivity index (χ1v) is 6.64. The molecule has 0 saturated carbocycles. The minimum Gasteiger partial charge on any atom is -0.389 e. The van der Waals surface area contributed by atoms with Crippen LogP contribution < -0.4 is 0 Å². The summed E-state index contributed by atoms with van der Waals surface area (Å²) >= 11 is 0. The third-order valence-corrected chi connectivity index (χ3v) is 3.53. The predicted molar refractivity (Wildman–Crippen MR) is 70.2 cm³/mol. The van der Waals surface area contributed by atoms with Crippen molar-refractivity contribution in [3.8, 4) is 0 Å². The molecule has 0 spiro atoms. The molecular weight excluding hydrogens is 216 g/mol. The van der Waals surface area contributed by atoms with Crippen LogP contribution >= 0.6 is 0 Å². The van der Waals surface area contributed by atoms with Crippen molar-refractivity contribution >= 4 is 0 Å². The number of aliphatic hydroxyl groups is 1. The lowest BCUT2D eigenvalue weighted by Gasteiger charge is -2.43. The number of piperazine rings is 1. The lowest BCUT2D eigenvalue weighted by Crippen LogP contribution is -2.56. The van der Waals surface area contributed by atoms with Gasteiger partial charge in [0.2, 0.25) is 0 Å². The topological polar surface area (TPSA) is 35.9 Å². The first-order chi connectivity index (χ1) is 7.90. The Hall–Kier alpha value is -0.160. The summed E-state index contributed by atoms with van der Waals surface area (Å²) in [7, 11) is 2.17. The van der Waals surface area contributed by atoms with E-state index in [9.17, 15) is 5.11 Å². The molecule has 0 aromatic rings. The van der Waals surface area contributed by atoms with Gasteiger partial charge in [0.05, 0.1) is 18.8 Å². The number of hydrogen-bond donors (Lipinski definition) is 1. The Labute approximate surface area is 106 Å². The molecule has 0 bridgehead atoms. The summed E-state index contributed by atoms with van der Waals surface area (Å²) in [6, 6.07) is 1.11. The fourth-order valence-corrected chi connectivity index (χ4v) is 2.32. The Morgan fingerprint density at radius 1 is 1.24 bits per heavy atom. The lowest BCUT2D eigenvalue weighted by molar-refractivity contribution is -0.0247. The molecule has 1 rings (SSSR count). The fourth-order valence-electron chi connectivity index (χ4n) is 2.32. The molecule has 1 saturated heterocycles. The smallest absolute Gasteiger partial charge is 0.0900 e. The number of nitrogens with zero attached hydrogens (tertiary/aromatic N) is 2. The first kappa shape index (κ1) is 14.9. The molecule has 1 N–H and O–H groups in total. The molecule has 0 radical (unpaired) electrons. The summed E-state index contributed by atoms with van der Waals surface area (Å²) < 4.78 is 5.43. The van der Waals surface area contributed by atoms with Crippen molar-refractivity contribution in [1.82, 2.24) is 9.80 Å². The second kappa shape index (κ2) is 6.69. The molecule has 3 unspecified atom stereocenters. The Morgan fingerprint density at radius 2 is 1.76 bits per heavy atom. The summed E-state index contributed by atoms with van der Waals surface area (Å²) in [5.74, 6) is 0. The third-order valence-electron chi connectivity index (χ3n) is 3.53. The quantitative estimate of drug-likeness (QED) is 0.776. The second-order valence-electron chi connectivity index (χ2n) is 5.62. The Bertz CT molecular complexity index is 211. The van der Waals surface area contributed by atoms with Gasteiger partial charge in [0.25, 0.3) is 0 Å². The number of ether oxygens (including phenoxy) is 1. The van der Waals surface area contributed by atoms with Crippen molar-refractivity contribution in [2.24, 2.45) is 0 Å². The monoisotopic (exact) mass is 244 g/mol. The van der Waals surface area contributed by atoms with E-state index >= 15 is 0 Å². The zero-order valence-electron chi connectivity index (χ0n) is 11.9. The summed E-state index contributed by atoms with van der Waals surface area (Å²) in [6.45, 7) is 11.7. The zero-order chi connectivity index (χ0) is 13.0. The highest BCUT2D eigenvalue weighted by molar-refractivity contribution is 4.83. The van der Waals surface area contributed by atoms with Crippen molar-refractivity contribution < 1.29 is 9.84 Å². The molecule has 1 aliphatic heterocycles. The molecule has 0 aromatic carbocycles. The molecule has 0 amide bonds. The van der Waals surface area contributed by atoms with Crippen LogP contribution in [0.25, 0.3) is 0 Å². The number of hydrogen-bond acceptors (Lipinski definition) is 4. The molecule has 102 valence electrons. The van der Waals surface area contributed by atoms with Gasteiger partial charge in [0, 0.05) is 31.7 Å². The molecule has 0 aromatic heterocycles. The number of aliphatic hydroxyl groups excluding tert-OH is 1. The van der Waals surface area contributed by atoms with Gasteiger partial charge in [0.1, 0.15) is 0 Å². The van der Waals surface area contributed by atoms with E-state index in [1.54, 1.807) is 0 Å². The van der Waals surface area contributed by atoms with Gasteiger partial charge in [-0.2, -0.15) is 0 Å². The molecule has 4 nitrogen and oxygen atoms in total.